The Kier molecular flexibility index (Phi) is 3.51. The van der Waals surface area contributed by atoms with Crippen LogP contribution in [-0.4, -0.2) is 4.98 Å². The van der Waals surface area contributed by atoms with Crippen molar-refractivity contribution in [1.29, 1.82) is 0 Å². The van der Waals surface area contributed by atoms with Crippen molar-refractivity contribution in [2.24, 2.45) is 0 Å². The minimum Gasteiger partial charge on any atom is -0.368 e. The van der Waals surface area contributed by atoms with Gasteiger partial charge in [0.2, 0.25) is 0 Å². The lowest BCUT2D eigenvalue weighted by Gasteiger charge is -2.13. The van der Waals surface area contributed by atoms with Gasteiger partial charge in [-0.3, -0.25) is 0 Å². The number of fused-ring (bicyclic) bond motifs is 2. The summed E-state index contributed by atoms with van der Waals surface area (Å²) in [6.07, 6.45) is 0. The zero-order valence-electron chi connectivity index (χ0n) is 13.3. The first-order valence-electron chi connectivity index (χ1n) is 8.18. The molecular weight excluding hydrogens is 348 g/mol. The van der Waals surface area contributed by atoms with Crippen molar-refractivity contribution in [1.82, 2.24) is 4.98 Å². The molecule has 1 aromatic heterocycles. The highest BCUT2D eigenvalue weighted by atomic mass is 35.5. The molecule has 1 atom stereocenters. The van der Waals surface area contributed by atoms with Gasteiger partial charge in [0.15, 0.2) is 0 Å². The number of aromatic nitrogens is 1. The lowest BCUT2D eigenvalue weighted by atomic mass is 10.0. The van der Waals surface area contributed by atoms with Crippen LogP contribution in [0.4, 0.5) is 5.69 Å². The molecule has 1 aliphatic rings. The fraction of sp³-hybridized carbons (Fsp3) is 0.0476. The maximum atomic E-state index is 6.17. The number of nitrogens with one attached hydrogen (secondary N) is 2. The maximum Gasteiger partial charge on any atom is 0.105 e. The molecule has 2 N–H and O–H groups in total. The largest absolute Gasteiger partial charge is 0.368 e. The highest BCUT2D eigenvalue weighted by Crippen LogP contribution is 2.51. The van der Waals surface area contributed by atoms with Crippen molar-refractivity contribution in [3.05, 3.63) is 83.4 Å². The first-order valence-corrected chi connectivity index (χ1v) is 9.44. The summed E-state index contributed by atoms with van der Waals surface area (Å²) >= 11 is 7.99. The highest BCUT2D eigenvalue weighted by molar-refractivity contribution is 8.00. The molecule has 0 radical (unpaired) electrons. The minimum atomic E-state index is 0.153. The molecule has 0 fully saturated rings. The minimum absolute atomic E-state index is 0.153. The van der Waals surface area contributed by atoms with E-state index in [1.165, 1.54) is 27.1 Å². The monoisotopic (exact) mass is 362 g/mol. The Balaban J connectivity index is 1.68. The van der Waals surface area contributed by atoms with E-state index in [4.69, 9.17) is 11.6 Å². The molecule has 3 aromatic carbocycles. The van der Waals surface area contributed by atoms with E-state index in [0.717, 1.165) is 16.2 Å². The quantitative estimate of drug-likeness (QED) is 0.415. The number of rotatable bonds is 2. The van der Waals surface area contributed by atoms with Gasteiger partial charge in [0.05, 0.1) is 5.69 Å². The molecular formula is C21H15ClN2S. The molecule has 1 unspecified atom stereocenters. The zero-order valence-corrected chi connectivity index (χ0v) is 14.9. The molecule has 25 heavy (non-hydrogen) atoms. The number of benzene rings is 3. The third-order valence-corrected chi connectivity index (χ3v) is 5.96. The Morgan fingerprint density at radius 1 is 0.880 bits per heavy atom. The van der Waals surface area contributed by atoms with Crippen LogP contribution in [0.2, 0.25) is 5.02 Å². The first-order chi connectivity index (χ1) is 12.3. The smallest absolute Gasteiger partial charge is 0.105 e. The summed E-state index contributed by atoms with van der Waals surface area (Å²) in [5.41, 5.74) is 5.96. The molecule has 4 aromatic rings. The van der Waals surface area contributed by atoms with Gasteiger partial charge in [0.1, 0.15) is 5.37 Å². The maximum absolute atomic E-state index is 6.17. The van der Waals surface area contributed by atoms with E-state index in [9.17, 15) is 0 Å². The third kappa shape index (κ3) is 2.51. The number of halogens is 1. The molecule has 0 saturated heterocycles. The van der Waals surface area contributed by atoms with E-state index in [1.807, 2.05) is 30.0 Å². The molecule has 0 spiro atoms. The molecule has 0 amide bonds. The normalized spacial score (nSPS) is 16.0. The number of para-hydroxylation sites is 1. The van der Waals surface area contributed by atoms with Crippen molar-refractivity contribution in [3.63, 3.8) is 0 Å². The number of thioether (sulfide) groups is 1. The van der Waals surface area contributed by atoms with Crippen LogP contribution in [0.15, 0.2) is 77.7 Å². The van der Waals surface area contributed by atoms with Crippen molar-refractivity contribution in [2.45, 2.75) is 10.3 Å². The number of anilines is 1. The van der Waals surface area contributed by atoms with Crippen LogP contribution in [0.3, 0.4) is 0 Å². The molecule has 0 bridgehead atoms. The predicted octanol–water partition coefficient (Wildman–Crippen LogP) is 6.70. The van der Waals surface area contributed by atoms with Gasteiger partial charge >= 0.3 is 0 Å². The number of aromatic amines is 1. The lowest BCUT2D eigenvalue weighted by Crippen LogP contribution is -2.02. The molecule has 2 nitrogen and oxygen atoms in total. The Morgan fingerprint density at radius 2 is 1.68 bits per heavy atom. The van der Waals surface area contributed by atoms with Crippen LogP contribution in [0.1, 0.15) is 10.9 Å². The van der Waals surface area contributed by atoms with Crippen LogP contribution in [-0.2, 0) is 0 Å². The van der Waals surface area contributed by atoms with Crippen molar-refractivity contribution < 1.29 is 0 Å². The standard InChI is InChI=1S/C21H15ClN2S/c22-14-10-11-17-18(12-14)25-21(24-17)19-15-8-4-5-9-16(15)23-20(19)13-6-2-1-3-7-13/h1-12,21,23-24H. The zero-order chi connectivity index (χ0) is 16.8. The van der Waals surface area contributed by atoms with Crippen LogP contribution in [0.25, 0.3) is 22.2 Å². The second-order valence-electron chi connectivity index (χ2n) is 6.11. The number of hydrogen-bond donors (Lipinski definition) is 2. The van der Waals surface area contributed by atoms with E-state index in [0.29, 0.717) is 0 Å². The van der Waals surface area contributed by atoms with Gasteiger partial charge in [-0.25, -0.2) is 0 Å². The topological polar surface area (TPSA) is 27.8 Å². The fourth-order valence-electron chi connectivity index (χ4n) is 3.41. The van der Waals surface area contributed by atoms with Crippen LogP contribution in [0.5, 0.6) is 0 Å². The highest BCUT2D eigenvalue weighted by Gasteiger charge is 2.28. The summed E-state index contributed by atoms with van der Waals surface area (Å²) in [6.45, 7) is 0. The second-order valence-corrected chi connectivity index (χ2v) is 7.69. The van der Waals surface area contributed by atoms with Crippen LogP contribution in [0, 0.1) is 0 Å². The van der Waals surface area contributed by atoms with Crippen LogP contribution < -0.4 is 5.32 Å². The summed E-state index contributed by atoms with van der Waals surface area (Å²) in [4.78, 5) is 4.81. The Morgan fingerprint density at radius 3 is 2.56 bits per heavy atom. The molecule has 5 rings (SSSR count). The van der Waals surface area contributed by atoms with Crippen LogP contribution >= 0.6 is 23.4 Å². The third-order valence-electron chi connectivity index (χ3n) is 4.55. The van der Waals surface area contributed by atoms with Gasteiger partial charge in [-0.1, -0.05) is 71.9 Å². The summed E-state index contributed by atoms with van der Waals surface area (Å²) < 4.78 is 0. The van der Waals surface area contributed by atoms with E-state index < -0.39 is 0 Å². The van der Waals surface area contributed by atoms with Gasteiger partial charge in [-0.2, -0.15) is 0 Å². The van der Waals surface area contributed by atoms with Gasteiger partial charge in [0, 0.05) is 32.1 Å². The lowest BCUT2D eigenvalue weighted by molar-refractivity contribution is 1.15. The average molecular weight is 363 g/mol. The Hall–Kier alpha value is -2.36. The van der Waals surface area contributed by atoms with Gasteiger partial charge < -0.3 is 10.3 Å². The number of H-pyrrole nitrogens is 1. The summed E-state index contributed by atoms with van der Waals surface area (Å²) in [5, 5.41) is 5.83. The molecule has 2 heterocycles. The van der Waals surface area contributed by atoms with Crippen molar-refractivity contribution in [3.8, 4) is 11.3 Å². The first kappa shape index (κ1) is 14.9. The van der Waals surface area contributed by atoms with E-state index in [2.05, 4.69) is 64.9 Å². The Labute approximate surface area is 155 Å². The molecule has 0 aliphatic carbocycles. The van der Waals surface area contributed by atoms with Gasteiger partial charge in [-0.05, 0) is 29.8 Å². The number of hydrogen-bond acceptors (Lipinski definition) is 2. The van der Waals surface area contributed by atoms with Crippen molar-refractivity contribution in [2.75, 3.05) is 5.32 Å². The SMILES string of the molecule is Clc1ccc2c(c1)SC(c1c(-c3ccccc3)[nH]c3ccccc13)N2. The van der Waals surface area contributed by atoms with Gasteiger partial charge in [-0.15, -0.1) is 0 Å². The van der Waals surface area contributed by atoms with Gasteiger partial charge in [0.25, 0.3) is 0 Å². The van der Waals surface area contributed by atoms with Crippen molar-refractivity contribution >= 4 is 40.0 Å². The fourth-order valence-corrected chi connectivity index (χ4v) is 4.90. The summed E-state index contributed by atoms with van der Waals surface area (Å²) in [7, 11) is 0. The second kappa shape index (κ2) is 5.87. The Bertz CT molecular complexity index is 1070. The van der Waals surface area contributed by atoms with E-state index >= 15 is 0 Å². The van der Waals surface area contributed by atoms with E-state index in [-0.39, 0.29) is 5.37 Å². The van der Waals surface area contributed by atoms with E-state index in [1.54, 1.807) is 0 Å². The summed E-state index contributed by atoms with van der Waals surface area (Å²) in [5.74, 6) is 0. The molecule has 0 saturated carbocycles. The molecule has 122 valence electrons. The molecule has 4 heteroatoms. The summed E-state index contributed by atoms with van der Waals surface area (Å²) in [6, 6.07) is 25.0. The average Bonchev–Trinajstić information content (AvgIpc) is 3.22. The molecule has 1 aliphatic heterocycles. The predicted molar refractivity (Wildman–Crippen MR) is 107 cm³/mol.